The number of hydrogen-bond acceptors (Lipinski definition) is 2. The van der Waals surface area contributed by atoms with E-state index in [9.17, 15) is 0 Å². The van der Waals surface area contributed by atoms with Gasteiger partial charge in [-0.2, -0.15) is 0 Å². The molecule has 86 valence electrons. The van der Waals surface area contributed by atoms with Gasteiger partial charge in [0.1, 0.15) is 5.75 Å². The molecule has 0 fully saturated rings. The first kappa shape index (κ1) is 10.4. The Morgan fingerprint density at radius 3 is 2.94 bits per heavy atom. The van der Waals surface area contributed by atoms with E-state index in [1.165, 1.54) is 5.39 Å². The van der Waals surface area contributed by atoms with Gasteiger partial charge in [0.25, 0.3) is 0 Å². The van der Waals surface area contributed by atoms with Gasteiger partial charge in [-0.15, -0.1) is 0 Å². The molecular formula is C15H14O2. The number of hydrogen-bond donors (Lipinski definition) is 0. The Morgan fingerprint density at radius 1 is 1.18 bits per heavy atom. The fourth-order valence-corrected chi connectivity index (χ4v) is 2.11. The largest absolute Gasteiger partial charge is 0.460 e. The molecule has 1 atom stereocenters. The number of fused-ring (bicyclic) bond motifs is 3. The van der Waals surface area contributed by atoms with Crippen LogP contribution < -0.4 is 4.74 Å². The minimum Gasteiger partial charge on any atom is -0.460 e. The predicted molar refractivity (Wildman–Crippen MR) is 69.0 cm³/mol. The minimum atomic E-state index is -0.265. The molecule has 1 aliphatic rings. The van der Waals surface area contributed by atoms with Crippen molar-refractivity contribution in [3.8, 4) is 5.75 Å². The molecule has 2 aromatic rings. The van der Waals surface area contributed by atoms with Crippen LogP contribution in [-0.2, 0) is 4.74 Å². The van der Waals surface area contributed by atoms with Crippen molar-refractivity contribution in [2.75, 3.05) is 6.61 Å². The van der Waals surface area contributed by atoms with Crippen LogP contribution in [0.2, 0.25) is 0 Å². The maximum Gasteiger partial charge on any atom is 0.220 e. The molecule has 1 heterocycles. The SMILES string of the molecule is CCOC1C=Cc2ccc3ccccc3c2O1. The highest BCUT2D eigenvalue weighted by Crippen LogP contribution is 2.34. The molecule has 0 amide bonds. The van der Waals surface area contributed by atoms with E-state index in [-0.39, 0.29) is 6.29 Å². The smallest absolute Gasteiger partial charge is 0.220 e. The summed E-state index contributed by atoms with van der Waals surface area (Å²) in [6.45, 7) is 2.62. The molecule has 0 radical (unpaired) electrons. The molecule has 2 aromatic carbocycles. The van der Waals surface area contributed by atoms with Crippen molar-refractivity contribution in [1.29, 1.82) is 0 Å². The summed E-state index contributed by atoms with van der Waals surface area (Å²) < 4.78 is 11.4. The maximum absolute atomic E-state index is 5.88. The van der Waals surface area contributed by atoms with Gasteiger partial charge in [0.05, 0.1) is 0 Å². The van der Waals surface area contributed by atoms with E-state index in [4.69, 9.17) is 9.47 Å². The van der Waals surface area contributed by atoms with Gasteiger partial charge in [-0.05, 0) is 24.5 Å². The monoisotopic (exact) mass is 226 g/mol. The second-order valence-electron chi connectivity index (χ2n) is 4.01. The second kappa shape index (κ2) is 4.22. The lowest BCUT2D eigenvalue weighted by Gasteiger charge is -2.22. The first-order valence-corrected chi connectivity index (χ1v) is 5.86. The third kappa shape index (κ3) is 1.81. The topological polar surface area (TPSA) is 18.5 Å². The number of ether oxygens (including phenoxy) is 2. The molecule has 2 nitrogen and oxygen atoms in total. The van der Waals surface area contributed by atoms with Gasteiger partial charge in [-0.25, -0.2) is 0 Å². The fraction of sp³-hybridized carbons (Fsp3) is 0.200. The third-order valence-corrected chi connectivity index (χ3v) is 2.91. The van der Waals surface area contributed by atoms with Crippen LogP contribution in [0.3, 0.4) is 0 Å². The highest BCUT2D eigenvalue weighted by molar-refractivity contribution is 5.92. The van der Waals surface area contributed by atoms with Gasteiger partial charge in [-0.1, -0.05) is 36.4 Å². The van der Waals surface area contributed by atoms with Crippen molar-refractivity contribution in [3.63, 3.8) is 0 Å². The van der Waals surface area contributed by atoms with Crippen LogP contribution in [0.25, 0.3) is 16.8 Å². The second-order valence-corrected chi connectivity index (χ2v) is 4.01. The molecule has 0 spiro atoms. The molecule has 1 aliphatic heterocycles. The fourth-order valence-electron chi connectivity index (χ4n) is 2.11. The lowest BCUT2D eigenvalue weighted by atomic mass is 10.0. The van der Waals surface area contributed by atoms with Crippen LogP contribution in [0.1, 0.15) is 12.5 Å². The van der Waals surface area contributed by atoms with E-state index in [1.807, 2.05) is 25.1 Å². The molecule has 0 bridgehead atoms. The Balaban J connectivity index is 2.11. The Labute approximate surface area is 100 Å². The van der Waals surface area contributed by atoms with Gasteiger partial charge >= 0.3 is 0 Å². The molecule has 3 rings (SSSR count). The average Bonchev–Trinajstić information content (AvgIpc) is 2.39. The van der Waals surface area contributed by atoms with Crippen molar-refractivity contribution in [2.45, 2.75) is 13.2 Å². The van der Waals surface area contributed by atoms with E-state index < -0.39 is 0 Å². The first-order valence-electron chi connectivity index (χ1n) is 5.86. The zero-order valence-electron chi connectivity index (χ0n) is 9.72. The summed E-state index contributed by atoms with van der Waals surface area (Å²) in [5.74, 6) is 0.920. The summed E-state index contributed by atoms with van der Waals surface area (Å²) in [4.78, 5) is 0. The lowest BCUT2D eigenvalue weighted by Crippen LogP contribution is -2.20. The molecule has 17 heavy (non-hydrogen) atoms. The molecular weight excluding hydrogens is 212 g/mol. The van der Waals surface area contributed by atoms with Crippen LogP contribution in [-0.4, -0.2) is 12.9 Å². The van der Waals surface area contributed by atoms with Gasteiger partial charge in [0.2, 0.25) is 6.29 Å². The van der Waals surface area contributed by atoms with Crippen LogP contribution in [0.5, 0.6) is 5.75 Å². The quantitative estimate of drug-likeness (QED) is 0.778. The molecule has 0 aromatic heterocycles. The van der Waals surface area contributed by atoms with Crippen LogP contribution in [0, 0.1) is 0 Å². The molecule has 0 saturated heterocycles. The Kier molecular flexibility index (Phi) is 2.57. The third-order valence-electron chi connectivity index (χ3n) is 2.91. The standard InChI is InChI=1S/C15H14O2/c1-2-16-14-10-9-12-8-7-11-5-3-4-6-13(11)15(12)17-14/h3-10,14H,2H2,1H3. The highest BCUT2D eigenvalue weighted by atomic mass is 16.7. The Hall–Kier alpha value is -1.80. The van der Waals surface area contributed by atoms with E-state index in [0.29, 0.717) is 6.61 Å². The van der Waals surface area contributed by atoms with Crippen LogP contribution in [0.15, 0.2) is 42.5 Å². The minimum absolute atomic E-state index is 0.265. The van der Waals surface area contributed by atoms with E-state index in [1.54, 1.807) is 0 Å². The maximum atomic E-state index is 5.88. The van der Waals surface area contributed by atoms with Gasteiger partial charge in [0.15, 0.2) is 0 Å². The van der Waals surface area contributed by atoms with Crippen molar-refractivity contribution in [2.24, 2.45) is 0 Å². The molecule has 0 aliphatic carbocycles. The summed E-state index contributed by atoms with van der Waals surface area (Å²) >= 11 is 0. The van der Waals surface area contributed by atoms with E-state index >= 15 is 0 Å². The summed E-state index contributed by atoms with van der Waals surface area (Å²) in [5.41, 5.74) is 1.11. The predicted octanol–water partition coefficient (Wildman–Crippen LogP) is 3.61. The number of rotatable bonds is 2. The molecule has 2 heteroatoms. The zero-order valence-corrected chi connectivity index (χ0v) is 9.72. The summed E-state index contributed by atoms with van der Waals surface area (Å²) in [7, 11) is 0. The van der Waals surface area contributed by atoms with Crippen molar-refractivity contribution < 1.29 is 9.47 Å². The van der Waals surface area contributed by atoms with Gasteiger partial charge in [0, 0.05) is 17.6 Å². The Morgan fingerprint density at radius 2 is 2.06 bits per heavy atom. The molecule has 1 unspecified atom stereocenters. The Bertz CT molecular complexity index is 572. The number of benzene rings is 2. The lowest BCUT2D eigenvalue weighted by molar-refractivity contribution is -0.0405. The summed E-state index contributed by atoms with van der Waals surface area (Å²) in [6, 6.07) is 12.4. The van der Waals surface area contributed by atoms with Crippen molar-refractivity contribution in [1.82, 2.24) is 0 Å². The summed E-state index contributed by atoms with van der Waals surface area (Å²) in [5, 5.41) is 2.33. The first-order chi connectivity index (χ1) is 8.38. The molecule has 0 saturated carbocycles. The molecule has 0 N–H and O–H groups in total. The van der Waals surface area contributed by atoms with Crippen molar-refractivity contribution in [3.05, 3.63) is 48.0 Å². The summed E-state index contributed by atoms with van der Waals surface area (Å²) in [6.07, 6.45) is 3.74. The van der Waals surface area contributed by atoms with Gasteiger partial charge < -0.3 is 9.47 Å². The van der Waals surface area contributed by atoms with Crippen LogP contribution in [0.4, 0.5) is 0 Å². The normalized spacial score (nSPS) is 17.8. The highest BCUT2D eigenvalue weighted by Gasteiger charge is 2.16. The van der Waals surface area contributed by atoms with Crippen molar-refractivity contribution >= 4 is 16.8 Å². The van der Waals surface area contributed by atoms with Gasteiger partial charge in [-0.3, -0.25) is 0 Å². The van der Waals surface area contributed by atoms with E-state index in [2.05, 4.69) is 30.3 Å². The van der Waals surface area contributed by atoms with E-state index in [0.717, 1.165) is 16.7 Å². The average molecular weight is 226 g/mol. The zero-order chi connectivity index (χ0) is 11.7. The van der Waals surface area contributed by atoms with Crippen LogP contribution >= 0.6 is 0 Å².